The van der Waals surface area contributed by atoms with E-state index in [-0.39, 0.29) is 5.75 Å². The molecule has 4 nitrogen and oxygen atoms in total. The molecule has 0 aliphatic rings. The summed E-state index contributed by atoms with van der Waals surface area (Å²) in [6.45, 7) is 3.66. The number of halogens is 1. The molecule has 6 heteroatoms. The van der Waals surface area contributed by atoms with Gasteiger partial charge in [-0.25, -0.2) is 13.1 Å². The van der Waals surface area contributed by atoms with Crippen LogP contribution in [0.2, 0.25) is 5.02 Å². The van der Waals surface area contributed by atoms with Crippen molar-refractivity contribution in [3.63, 3.8) is 0 Å². The Labute approximate surface area is 114 Å². The van der Waals surface area contributed by atoms with Crippen molar-refractivity contribution in [2.75, 3.05) is 18.8 Å². The van der Waals surface area contributed by atoms with Crippen molar-refractivity contribution >= 4 is 21.6 Å². The van der Waals surface area contributed by atoms with E-state index in [0.717, 1.165) is 18.5 Å². The molecule has 0 bridgehead atoms. The summed E-state index contributed by atoms with van der Waals surface area (Å²) in [7, 11) is -3.22. The Bertz CT molecular complexity index is 446. The molecule has 0 saturated heterocycles. The fourth-order valence-electron chi connectivity index (χ4n) is 1.38. The van der Waals surface area contributed by atoms with Crippen LogP contribution < -0.4 is 10.0 Å². The summed E-state index contributed by atoms with van der Waals surface area (Å²) in [6.07, 6.45) is 0.998. The minimum atomic E-state index is -3.22. The minimum Gasteiger partial charge on any atom is -0.316 e. The Kier molecular flexibility index (Phi) is 6.63. The maximum Gasteiger partial charge on any atom is 0.213 e. The molecule has 0 aromatic heterocycles. The van der Waals surface area contributed by atoms with Crippen molar-refractivity contribution in [3.8, 4) is 0 Å². The standard InChI is InChI=1S/C12H19ClN2O2S/c1-2-7-14-8-9-18(16,17)15-10-11-3-5-12(13)6-4-11/h3-6,14-15H,2,7-10H2,1H3. The number of nitrogens with one attached hydrogen (secondary N) is 2. The van der Waals surface area contributed by atoms with Gasteiger partial charge in [0.1, 0.15) is 0 Å². The molecular weight excluding hydrogens is 272 g/mol. The maximum atomic E-state index is 11.7. The highest BCUT2D eigenvalue weighted by Crippen LogP contribution is 2.09. The van der Waals surface area contributed by atoms with Crippen molar-refractivity contribution in [2.24, 2.45) is 0 Å². The van der Waals surface area contributed by atoms with Crippen molar-refractivity contribution in [3.05, 3.63) is 34.9 Å². The summed E-state index contributed by atoms with van der Waals surface area (Å²) in [5.41, 5.74) is 0.893. The van der Waals surface area contributed by atoms with E-state index in [9.17, 15) is 8.42 Å². The molecule has 0 saturated carbocycles. The fraction of sp³-hybridized carbons (Fsp3) is 0.500. The van der Waals surface area contributed by atoms with Crippen molar-refractivity contribution < 1.29 is 8.42 Å². The molecule has 102 valence electrons. The molecule has 0 fully saturated rings. The molecular formula is C12H19ClN2O2S. The van der Waals surface area contributed by atoms with E-state index in [0.29, 0.717) is 18.1 Å². The molecule has 0 radical (unpaired) electrons. The van der Waals surface area contributed by atoms with Crippen LogP contribution in [0.25, 0.3) is 0 Å². The van der Waals surface area contributed by atoms with Crippen LogP contribution in [0.3, 0.4) is 0 Å². The predicted octanol–water partition coefficient (Wildman–Crippen LogP) is 1.76. The topological polar surface area (TPSA) is 58.2 Å². The van der Waals surface area contributed by atoms with E-state index in [1.165, 1.54) is 0 Å². The van der Waals surface area contributed by atoms with Crippen molar-refractivity contribution in [1.82, 2.24) is 10.0 Å². The van der Waals surface area contributed by atoms with Crippen LogP contribution in [0.1, 0.15) is 18.9 Å². The van der Waals surface area contributed by atoms with Gasteiger partial charge in [-0.2, -0.15) is 0 Å². The zero-order valence-electron chi connectivity index (χ0n) is 10.4. The Morgan fingerprint density at radius 3 is 2.44 bits per heavy atom. The molecule has 1 rings (SSSR count). The number of hydrogen-bond acceptors (Lipinski definition) is 3. The van der Waals surface area contributed by atoms with Crippen LogP contribution in [-0.4, -0.2) is 27.3 Å². The highest BCUT2D eigenvalue weighted by atomic mass is 35.5. The van der Waals surface area contributed by atoms with Gasteiger partial charge in [-0.1, -0.05) is 30.7 Å². The third-order valence-electron chi connectivity index (χ3n) is 2.38. The van der Waals surface area contributed by atoms with Gasteiger partial charge >= 0.3 is 0 Å². The lowest BCUT2D eigenvalue weighted by atomic mass is 10.2. The van der Waals surface area contributed by atoms with E-state index < -0.39 is 10.0 Å². The molecule has 0 heterocycles. The summed E-state index contributed by atoms with van der Waals surface area (Å²) in [5, 5.41) is 3.70. The van der Waals surface area contributed by atoms with Crippen LogP contribution in [0.5, 0.6) is 0 Å². The first-order valence-corrected chi connectivity index (χ1v) is 7.99. The third kappa shape index (κ3) is 6.35. The first-order valence-electron chi connectivity index (χ1n) is 5.96. The molecule has 0 unspecified atom stereocenters. The zero-order valence-corrected chi connectivity index (χ0v) is 12.0. The van der Waals surface area contributed by atoms with Crippen LogP contribution in [0.15, 0.2) is 24.3 Å². The average Bonchev–Trinajstić information content (AvgIpc) is 2.34. The van der Waals surface area contributed by atoms with Gasteiger partial charge in [-0.05, 0) is 30.7 Å². The second-order valence-corrected chi connectivity index (χ2v) is 6.38. The summed E-state index contributed by atoms with van der Waals surface area (Å²) >= 11 is 5.75. The van der Waals surface area contributed by atoms with E-state index >= 15 is 0 Å². The number of sulfonamides is 1. The first-order chi connectivity index (χ1) is 8.53. The van der Waals surface area contributed by atoms with Crippen LogP contribution in [-0.2, 0) is 16.6 Å². The third-order valence-corrected chi connectivity index (χ3v) is 3.96. The van der Waals surface area contributed by atoms with Gasteiger partial charge in [0.05, 0.1) is 5.75 Å². The number of benzene rings is 1. The van der Waals surface area contributed by atoms with E-state index in [1.54, 1.807) is 24.3 Å². The predicted molar refractivity (Wildman–Crippen MR) is 75.2 cm³/mol. The average molecular weight is 291 g/mol. The summed E-state index contributed by atoms with van der Waals surface area (Å²) < 4.78 is 25.9. The van der Waals surface area contributed by atoms with Gasteiger partial charge in [0.2, 0.25) is 10.0 Å². The van der Waals surface area contributed by atoms with Gasteiger partial charge in [-0.3, -0.25) is 0 Å². The second-order valence-electron chi connectivity index (χ2n) is 4.02. The van der Waals surface area contributed by atoms with Gasteiger partial charge in [0.15, 0.2) is 0 Å². The van der Waals surface area contributed by atoms with Crippen LogP contribution in [0, 0.1) is 0 Å². The highest BCUT2D eigenvalue weighted by Gasteiger charge is 2.08. The quantitative estimate of drug-likeness (QED) is 0.717. The molecule has 0 spiro atoms. The Morgan fingerprint density at radius 1 is 1.17 bits per heavy atom. The monoisotopic (exact) mass is 290 g/mol. The molecule has 0 amide bonds. The van der Waals surface area contributed by atoms with Crippen molar-refractivity contribution in [1.29, 1.82) is 0 Å². The molecule has 18 heavy (non-hydrogen) atoms. The molecule has 0 aliphatic carbocycles. The van der Waals surface area contributed by atoms with E-state index in [2.05, 4.69) is 10.0 Å². The first kappa shape index (κ1) is 15.4. The molecule has 2 N–H and O–H groups in total. The van der Waals surface area contributed by atoms with Crippen molar-refractivity contribution in [2.45, 2.75) is 19.9 Å². The van der Waals surface area contributed by atoms with Crippen LogP contribution in [0.4, 0.5) is 0 Å². The highest BCUT2D eigenvalue weighted by molar-refractivity contribution is 7.89. The van der Waals surface area contributed by atoms with Crippen LogP contribution >= 0.6 is 11.6 Å². The summed E-state index contributed by atoms with van der Waals surface area (Å²) in [6, 6.07) is 7.10. The lowest BCUT2D eigenvalue weighted by Gasteiger charge is -2.07. The minimum absolute atomic E-state index is 0.0978. The van der Waals surface area contributed by atoms with E-state index in [1.807, 2.05) is 6.92 Å². The fourth-order valence-corrected chi connectivity index (χ4v) is 2.45. The van der Waals surface area contributed by atoms with E-state index in [4.69, 9.17) is 11.6 Å². The summed E-state index contributed by atoms with van der Waals surface area (Å²) in [4.78, 5) is 0. The largest absolute Gasteiger partial charge is 0.316 e. The molecule has 1 aromatic rings. The molecule has 0 atom stereocenters. The normalized spacial score (nSPS) is 11.7. The molecule has 0 aliphatic heterocycles. The van der Waals surface area contributed by atoms with Gasteiger partial charge < -0.3 is 5.32 Å². The molecule has 1 aromatic carbocycles. The summed E-state index contributed by atoms with van der Waals surface area (Å²) in [5.74, 6) is 0.0978. The smallest absolute Gasteiger partial charge is 0.213 e. The lowest BCUT2D eigenvalue weighted by Crippen LogP contribution is -2.31. The second kappa shape index (κ2) is 7.74. The Morgan fingerprint density at radius 2 is 1.83 bits per heavy atom. The zero-order chi connectivity index (χ0) is 13.4. The maximum absolute atomic E-state index is 11.7. The van der Waals surface area contributed by atoms with Gasteiger partial charge in [0, 0.05) is 18.1 Å². The Balaban J connectivity index is 2.34. The Hall–Kier alpha value is -0.620. The number of rotatable bonds is 8. The SMILES string of the molecule is CCCNCCS(=O)(=O)NCc1ccc(Cl)cc1. The van der Waals surface area contributed by atoms with Gasteiger partial charge in [-0.15, -0.1) is 0 Å². The number of hydrogen-bond donors (Lipinski definition) is 2. The van der Waals surface area contributed by atoms with Gasteiger partial charge in [0.25, 0.3) is 0 Å². The lowest BCUT2D eigenvalue weighted by molar-refractivity contribution is 0.576.